The molecule has 0 atom stereocenters. The van der Waals surface area contributed by atoms with E-state index in [-0.39, 0.29) is 0 Å². The molecule has 0 spiro atoms. The Balaban J connectivity index is 2.49. The van der Waals surface area contributed by atoms with Crippen molar-refractivity contribution in [3.8, 4) is 11.1 Å². The van der Waals surface area contributed by atoms with Gasteiger partial charge in [-0.25, -0.2) is 0 Å². The first-order chi connectivity index (χ1) is 6.68. The van der Waals surface area contributed by atoms with Gasteiger partial charge in [0.2, 0.25) is 0 Å². The van der Waals surface area contributed by atoms with Crippen LogP contribution in [0, 0.1) is 6.92 Å². The van der Waals surface area contributed by atoms with Crippen molar-refractivity contribution in [3.63, 3.8) is 0 Å². The van der Waals surface area contributed by atoms with Crippen LogP contribution < -0.4 is 5.73 Å². The van der Waals surface area contributed by atoms with Crippen molar-refractivity contribution in [3.05, 3.63) is 42.1 Å². The predicted octanol–water partition coefficient (Wildman–Crippen LogP) is 2.58. The van der Waals surface area contributed by atoms with Crippen LogP contribution in [-0.4, -0.2) is 4.57 Å². The van der Waals surface area contributed by atoms with E-state index in [1.165, 1.54) is 11.1 Å². The largest absolute Gasteiger partial charge is 0.385 e. The molecule has 0 aliphatic carbocycles. The van der Waals surface area contributed by atoms with Crippen molar-refractivity contribution in [2.75, 3.05) is 5.73 Å². The first-order valence-electron chi connectivity index (χ1n) is 4.66. The molecule has 2 heteroatoms. The van der Waals surface area contributed by atoms with Gasteiger partial charge in [-0.05, 0) is 18.6 Å². The summed E-state index contributed by atoms with van der Waals surface area (Å²) in [4.78, 5) is 0. The molecule has 2 aromatic rings. The number of hydrogen-bond donors (Lipinski definition) is 1. The highest BCUT2D eigenvalue weighted by Gasteiger charge is 2.04. The average molecular weight is 186 g/mol. The Morgan fingerprint density at radius 3 is 2.21 bits per heavy atom. The first-order valence-corrected chi connectivity index (χ1v) is 4.66. The van der Waals surface area contributed by atoms with E-state index in [0.29, 0.717) is 0 Å². The van der Waals surface area contributed by atoms with Crippen molar-refractivity contribution < 1.29 is 0 Å². The number of nitrogens with zero attached hydrogens (tertiary/aromatic N) is 1. The molecule has 0 saturated carbocycles. The fourth-order valence-electron chi connectivity index (χ4n) is 1.52. The highest BCUT2D eigenvalue weighted by molar-refractivity contribution is 5.74. The summed E-state index contributed by atoms with van der Waals surface area (Å²) in [6, 6.07) is 10.4. The molecule has 1 heterocycles. The van der Waals surface area contributed by atoms with E-state index in [4.69, 9.17) is 5.73 Å². The smallest absolute Gasteiger partial charge is 0.111 e. The molecule has 2 rings (SSSR count). The Bertz CT molecular complexity index is 438. The lowest BCUT2D eigenvalue weighted by atomic mass is 10.1. The molecule has 0 radical (unpaired) electrons. The van der Waals surface area contributed by atoms with Crippen molar-refractivity contribution >= 4 is 5.82 Å². The summed E-state index contributed by atoms with van der Waals surface area (Å²) >= 11 is 0. The number of benzene rings is 1. The third-order valence-electron chi connectivity index (χ3n) is 2.48. The van der Waals surface area contributed by atoms with E-state index >= 15 is 0 Å². The minimum atomic E-state index is 0.814. The number of nitrogen functional groups attached to an aromatic ring is 1. The maximum atomic E-state index is 5.94. The van der Waals surface area contributed by atoms with Gasteiger partial charge in [0, 0.05) is 18.8 Å². The molecule has 0 amide bonds. The molecule has 0 bridgehead atoms. The van der Waals surface area contributed by atoms with Crippen LogP contribution in [-0.2, 0) is 7.05 Å². The molecule has 0 aliphatic rings. The molecule has 72 valence electrons. The average Bonchev–Trinajstić information content (AvgIpc) is 2.50. The minimum Gasteiger partial charge on any atom is -0.385 e. The summed E-state index contributed by atoms with van der Waals surface area (Å²) in [7, 11) is 1.95. The Morgan fingerprint density at radius 1 is 1.07 bits per heavy atom. The lowest BCUT2D eigenvalue weighted by molar-refractivity contribution is 0.942. The van der Waals surface area contributed by atoms with Crippen LogP contribution in [0.25, 0.3) is 11.1 Å². The van der Waals surface area contributed by atoms with E-state index in [9.17, 15) is 0 Å². The van der Waals surface area contributed by atoms with Gasteiger partial charge in [-0.1, -0.05) is 29.8 Å². The van der Waals surface area contributed by atoms with E-state index < -0.39 is 0 Å². The zero-order chi connectivity index (χ0) is 10.1. The first kappa shape index (κ1) is 8.88. The van der Waals surface area contributed by atoms with E-state index in [1.54, 1.807) is 0 Å². The summed E-state index contributed by atoms with van der Waals surface area (Å²) in [6.45, 7) is 2.08. The summed E-state index contributed by atoms with van der Waals surface area (Å²) in [5, 5.41) is 0. The standard InChI is InChI=1S/C12H14N2/c1-9-3-5-10(6-4-9)11-7-8-14(2)12(11)13/h3-8H,13H2,1-2H3. The van der Waals surface area contributed by atoms with Crippen molar-refractivity contribution in [1.29, 1.82) is 0 Å². The highest BCUT2D eigenvalue weighted by atomic mass is 15.0. The predicted molar refractivity (Wildman–Crippen MR) is 60.0 cm³/mol. The van der Waals surface area contributed by atoms with Crippen LogP contribution in [0.15, 0.2) is 36.5 Å². The van der Waals surface area contributed by atoms with Crippen LogP contribution in [0.2, 0.25) is 0 Å². The number of rotatable bonds is 1. The van der Waals surface area contributed by atoms with Crippen LogP contribution in [0.4, 0.5) is 5.82 Å². The zero-order valence-corrected chi connectivity index (χ0v) is 8.49. The summed E-state index contributed by atoms with van der Waals surface area (Å²) < 4.78 is 1.93. The van der Waals surface area contributed by atoms with Gasteiger partial charge < -0.3 is 10.3 Å². The fraction of sp³-hybridized carbons (Fsp3) is 0.167. The molecule has 0 aliphatic heterocycles. The molecular weight excluding hydrogens is 172 g/mol. The van der Waals surface area contributed by atoms with E-state index in [0.717, 1.165) is 11.4 Å². The number of hydrogen-bond acceptors (Lipinski definition) is 1. The van der Waals surface area contributed by atoms with Crippen LogP contribution in [0.1, 0.15) is 5.56 Å². The monoisotopic (exact) mass is 186 g/mol. The summed E-state index contributed by atoms with van der Waals surface area (Å²) in [6.07, 6.45) is 1.98. The Labute approximate surface area is 84.0 Å². The normalized spacial score (nSPS) is 10.4. The van der Waals surface area contributed by atoms with Gasteiger partial charge >= 0.3 is 0 Å². The third-order valence-corrected chi connectivity index (χ3v) is 2.48. The van der Waals surface area contributed by atoms with E-state index in [1.807, 2.05) is 23.9 Å². The van der Waals surface area contributed by atoms with Gasteiger partial charge in [0.1, 0.15) is 5.82 Å². The highest BCUT2D eigenvalue weighted by Crippen LogP contribution is 2.26. The second kappa shape index (κ2) is 3.22. The van der Waals surface area contributed by atoms with Crippen LogP contribution in [0.3, 0.4) is 0 Å². The Hall–Kier alpha value is -1.70. The molecule has 1 aromatic carbocycles. The Morgan fingerprint density at radius 2 is 1.71 bits per heavy atom. The maximum Gasteiger partial charge on any atom is 0.111 e. The minimum absolute atomic E-state index is 0.814. The van der Waals surface area contributed by atoms with Gasteiger partial charge in [-0.3, -0.25) is 0 Å². The molecule has 0 saturated heterocycles. The van der Waals surface area contributed by atoms with Gasteiger partial charge in [-0.15, -0.1) is 0 Å². The lowest BCUT2D eigenvalue weighted by Crippen LogP contribution is -1.95. The Kier molecular flexibility index (Phi) is 2.04. The number of anilines is 1. The lowest BCUT2D eigenvalue weighted by Gasteiger charge is -2.02. The van der Waals surface area contributed by atoms with Crippen molar-refractivity contribution in [2.24, 2.45) is 7.05 Å². The number of aromatic nitrogens is 1. The number of nitrogens with two attached hydrogens (primary N) is 1. The SMILES string of the molecule is Cc1ccc(-c2ccn(C)c2N)cc1. The topological polar surface area (TPSA) is 30.9 Å². The molecule has 2 N–H and O–H groups in total. The van der Waals surface area contributed by atoms with E-state index in [2.05, 4.69) is 31.2 Å². The summed E-state index contributed by atoms with van der Waals surface area (Å²) in [5.41, 5.74) is 9.48. The molecule has 14 heavy (non-hydrogen) atoms. The molecule has 2 nitrogen and oxygen atoms in total. The quantitative estimate of drug-likeness (QED) is 0.729. The molecular formula is C12H14N2. The third kappa shape index (κ3) is 1.39. The van der Waals surface area contributed by atoms with Gasteiger partial charge in [0.25, 0.3) is 0 Å². The van der Waals surface area contributed by atoms with Crippen LogP contribution >= 0.6 is 0 Å². The fourth-order valence-corrected chi connectivity index (χ4v) is 1.52. The van der Waals surface area contributed by atoms with Crippen molar-refractivity contribution in [2.45, 2.75) is 6.92 Å². The van der Waals surface area contributed by atoms with Gasteiger partial charge in [0.15, 0.2) is 0 Å². The second-order valence-corrected chi connectivity index (χ2v) is 3.59. The molecule has 1 aromatic heterocycles. The summed E-state index contributed by atoms with van der Waals surface area (Å²) in [5.74, 6) is 0.814. The van der Waals surface area contributed by atoms with Gasteiger partial charge in [0.05, 0.1) is 0 Å². The van der Waals surface area contributed by atoms with Crippen LogP contribution in [0.5, 0.6) is 0 Å². The second-order valence-electron chi connectivity index (χ2n) is 3.59. The maximum absolute atomic E-state index is 5.94. The zero-order valence-electron chi connectivity index (χ0n) is 8.49. The molecule has 0 fully saturated rings. The van der Waals surface area contributed by atoms with Crippen molar-refractivity contribution in [1.82, 2.24) is 4.57 Å². The molecule has 0 unspecified atom stereocenters. The van der Waals surface area contributed by atoms with Gasteiger partial charge in [-0.2, -0.15) is 0 Å². The number of aryl methyl sites for hydroxylation is 2.